The molecule has 0 aliphatic heterocycles. The lowest BCUT2D eigenvalue weighted by molar-refractivity contribution is -0.111. The summed E-state index contributed by atoms with van der Waals surface area (Å²) in [5.41, 5.74) is 2.55. The number of hydrogen-bond acceptors (Lipinski definition) is 1. The third-order valence-corrected chi connectivity index (χ3v) is 4.61. The first-order chi connectivity index (χ1) is 7.45. The number of rotatable bonds is 1. The van der Waals surface area contributed by atoms with Crippen molar-refractivity contribution in [1.82, 2.24) is 0 Å². The maximum absolute atomic E-state index is 11.8. The van der Waals surface area contributed by atoms with E-state index in [9.17, 15) is 4.79 Å². The molecule has 1 heteroatoms. The standard InChI is InChI=1S/C15H22O/c1-10(2)13-6-5-12-9-14(16)11(3)7-8-15(12,13)4/h7,9-10,13H,5-6,8H2,1-4H3/t13-,15+/m1/s1. The Kier molecular flexibility index (Phi) is 2.81. The largest absolute Gasteiger partial charge is 0.290 e. The molecule has 2 aliphatic carbocycles. The van der Waals surface area contributed by atoms with Crippen LogP contribution in [0.2, 0.25) is 0 Å². The van der Waals surface area contributed by atoms with Gasteiger partial charge in [0.25, 0.3) is 0 Å². The van der Waals surface area contributed by atoms with Crippen molar-refractivity contribution in [2.75, 3.05) is 0 Å². The quantitative estimate of drug-likeness (QED) is 0.652. The summed E-state index contributed by atoms with van der Waals surface area (Å²) in [4.78, 5) is 11.8. The minimum absolute atomic E-state index is 0.225. The number of hydrogen-bond donors (Lipinski definition) is 0. The van der Waals surface area contributed by atoms with E-state index in [1.165, 1.54) is 12.0 Å². The van der Waals surface area contributed by atoms with Gasteiger partial charge in [0, 0.05) is 0 Å². The average molecular weight is 218 g/mol. The van der Waals surface area contributed by atoms with E-state index in [0.29, 0.717) is 5.92 Å². The lowest BCUT2D eigenvalue weighted by Gasteiger charge is -2.34. The van der Waals surface area contributed by atoms with Crippen LogP contribution in [0.4, 0.5) is 0 Å². The van der Waals surface area contributed by atoms with Gasteiger partial charge in [0.05, 0.1) is 0 Å². The summed E-state index contributed by atoms with van der Waals surface area (Å²) in [6.45, 7) is 8.90. The minimum atomic E-state index is 0.225. The molecule has 0 heterocycles. The summed E-state index contributed by atoms with van der Waals surface area (Å²) < 4.78 is 0. The maximum Gasteiger partial charge on any atom is 0.181 e. The Balaban J connectivity index is 2.41. The third kappa shape index (κ3) is 1.66. The van der Waals surface area contributed by atoms with Gasteiger partial charge in [-0.25, -0.2) is 0 Å². The van der Waals surface area contributed by atoms with Crippen molar-refractivity contribution in [2.45, 2.75) is 47.0 Å². The maximum atomic E-state index is 11.8. The first kappa shape index (κ1) is 11.6. The van der Waals surface area contributed by atoms with Gasteiger partial charge in [-0.15, -0.1) is 0 Å². The molecule has 0 spiro atoms. The Hall–Kier alpha value is -0.850. The monoisotopic (exact) mass is 218 g/mol. The van der Waals surface area contributed by atoms with Gasteiger partial charge < -0.3 is 0 Å². The van der Waals surface area contributed by atoms with Crippen molar-refractivity contribution in [2.24, 2.45) is 17.3 Å². The number of allylic oxidation sites excluding steroid dienone is 4. The number of fused-ring (bicyclic) bond motifs is 1. The highest BCUT2D eigenvalue weighted by Crippen LogP contribution is 2.53. The Morgan fingerprint density at radius 1 is 1.44 bits per heavy atom. The van der Waals surface area contributed by atoms with Crippen LogP contribution in [0.15, 0.2) is 23.3 Å². The summed E-state index contributed by atoms with van der Waals surface area (Å²) in [6, 6.07) is 0. The molecule has 2 aliphatic rings. The van der Waals surface area contributed by atoms with E-state index in [4.69, 9.17) is 0 Å². The highest BCUT2D eigenvalue weighted by molar-refractivity contribution is 6.04. The molecular weight excluding hydrogens is 196 g/mol. The predicted molar refractivity (Wildman–Crippen MR) is 67.1 cm³/mol. The van der Waals surface area contributed by atoms with E-state index in [0.717, 1.165) is 24.3 Å². The summed E-state index contributed by atoms with van der Waals surface area (Å²) in [5, 5.41) is 0. The van der Waals surface area contributed by atoms with Crippen molar-refractivity contribution in [3.05, 3.63) is 23.3 Å². The van der Waals surface area contributed by atoms with Crippen LogP contribution in [-0.2, 0) is 4.79 Å². The zero-order valence-electron chi connectivity index (χ0n) is 10.8. The van der Waals surface area contributed by atoms with E-state index in [1.807, 2.05) is 13.0 Å². The Morgan fingerprint density at radius 3 is 2.75 bits per heavy atom. The summed E-state index contributed by atoms with van der Waals surface area (Å²) in [6.07, 6.45) is 7.47. The molecule has 2 rings (SSSR count). The second-order valence-electron chi connectivity index (χ2n) is 5.93. The normalized spacial score (nSPS) is 34.6. The predicted octanol–water partition coefficient (Wildman–Crippen LogP) is 3.90. The zero-order chi connectivity index (χ0) is 11.9. The Labute approximate surface area is 98.6 Å². The van der Waals surface area contributed by atoms with E-state index < -0.39 is 0 Å². The average Bonchev–Trinajstić information content (AvgIpc) is 2.48. The van der Waals surface area contributed by atoms with Gasteiger partial charge in [0.2, 0.25) is 0 Å². The molecule has 1 fully saturated rings. The molecular formula is C15H22O. The van der Waals surface area contributed by atoms with Crippen LogP contribution in [0.3, 0.4) is 0 Å². The highest BCUT2D eigenvalue weighted by atomic mass is 16.1. The van der Waals surface area contributed by atoms with Crippen LogP contribution in [0, 0.1) is 17.3 Å². The Bertz CT molecular complexity index is 373. The van der Waals surface area contributed by atoms with E-state index >= 15 is 0 Å². The van der Waals surface area contributed by atoms with Gasteiger partial charge >= 0.3 is 0 Å². The minimum Gasteiger partial charge on any atom is -0.290 e. The van der Waals surface area contributed by atoms with Gasteiger partial charge in [-0.1, -0.05) is 32.4 Å². The van der Waals surface area contributed by atoms with Crippen LogP contribution < -0.4 is 0 Å². The van der Waals surface area contributed by atoms with E-state index in [2.05, 4.69) is 26.8 Å². The lowest BCUT2D eigenvalue weighted by atomic mass is 9.70. The molecule has 0 unspecified atom stereocenters. The second-order valence-corrected chi connectivity index (χ2v) is 5.93. The van der Waals surface area contributed by atoms with E-state index in [-0.39, 0.29) is 11.2 Å². The fraction of sp³-hybridized carbons (Fsp3) is 0.667. The van der Waals surface area contributed by atoms with Crippen molar-refractivity contribution in [1.29, 1.82) is 0 Å². The first-order valence-electron chi connectivity index (χ1n) is 6.37. The van der Waals surface area contributed by atoms with Gasteiger partial charge in [-0.2, -0.15) is 0 Å². The molecule has 16 heavy (non-hydrogen) atoms. The molecule has 0 saturated heterocycles. The summed E-state index contributed by atoms with van der Waals surface area (Å²) in [5.74, 6) is 1.66. The third-order valence-electron chi connectivity index (χ3n) is 4.61. The van der Waals surface area contributed by atoms with Crippen molar-refractivity contribution < 1.29 is 4.79 Å². The summed E-state index contributed by atoms with van der Waals surface area (Å²) >= 11 is 0. The fourth-order valence-corrected chi connectivity index (χ4v) is 3.48. The first-order valence-corrected chi connectivity index (χ1v) is 6.37. The van der Waals surface area contributed by atoms with Crippen LogP contribution in [0.25, 0.3) is 0 Å². The molecule has 0 bridgehead atoms. The second kappa shape index (κ2) is 3.87. The van der Waals surface area contributed by atoms with Crippen molar-refractivity contribution in [3.8, 4) is 0 Å². The zero-order valence-corrected chi connectivity index (χ0v) is 10.8. The number of ketones is 1. The molecule has 0 aromatic rings. The van der Waals surface area contributed by atoms with Gasteiger partial charge in [0.1, 0.15) is 0 Å². The van der Waals surface area contributed by atoms with Crippen molar-refractivity contribution >= 4 is 5.78 Å². The molecule has 0 aromatic carbocycles. The van der Waals surface area contributed by atoms with Crippen LogP contribution >= 0.6 is 0 Å². The van der Waals surface area contributed by atoms with Crippen LogP contribution in [-0.4, -0.2) is 5.78 Å². The highest BCUT2D eigenvalue weighted by Gasteiger charge is 2.44. The van der Waals surface area contributed by atoms with Gasteiger partial charge in [-0.3, -0.25) is 4.79 Å². The number of carbonyl (C=O) groups excluding carboxylic acids is 1. The molecule has 1 nitrogen and oxygen atoms in total. The molecule has 0 radical (unpaired) electrons. The van der Waals surface area contributed by atoms with Gasteiger partial charge in [0.15, 0.2) is 5.78 Å². The van der Waals surface area contributed by atoms with Gasteiger partial charge in [-0.05, 0) is 55.1 Å². The molecule has 0 amide bonds. The number of carbonyl (C=O) groups is 1. The molecule has 0 N–H and O–H groups in total. The van der Waals surface area contributed by atoms with Crippen LogP contribution in [0.5, 0.6) is 0 Å². The lowest BCUT2D eigenvalue weighted by Crippen LogP contribution is -2.26. The topological polar surface area (TPSA) is 17.1 Å². The Morgan fingerprint density at radius 2 is 2.12 bits per heavy atom. The van der Waals surface area contributed by atoms with E-state index in [1.54, 1.807) is 0 Å². The molecule has 2 atom stereocenters. The SMILES string of the molecule is CC1=CC[C@@]2(C)C(=CC1=O)CC[C@@H]2C(C)C. The van der Waals surface area contributed by atoms with Crippen LogP contribution in [0.1, 0.15) is 47.0 Å². The summed E-state index contributed by atoms with van der Waals surface area (Å²) in [7, 11) is 0. The molecule has 0 aromatic heterocycles. The smallest absolute Gasteiger partial charge is 0.181 e. The fourth-order valence-electron chi connectivity index (χ4n) is 3.48. The molecule has 1 saturated carbocycles. The van der Waals surface area contributed by atoms with Crippen molar-refractivity contribution in [3.63, 3.8) is 0 Å². The molecule has 88 valence electrons.